The Hall–Kier alpha value is -1.82. The van der Waals surface area contributed by atoms with E-state index in [0.717, 1.165) is 25.7 Å². The summed E-state index contributed by atoms with van der Waals surface area (Å²) in [6.45, 7) is 1.86. The Morgan fingerprint density at radius 1 is 1.32 bits per heavy atom. The van der Waals surface area contributed by atoms with E-state index in [2.05, 4.69) is 15.0 Å². The number of esters is 1. The van der Waals surface area contributed by atoms with E-state index in [9.17, 15) is 9.59 Å². The van der Waals surface area contributed by atoms with Crippen molar-refractivity contribution in [2.45, 2.75) is 44.8 Å². The Bertz CT molecular complexity index is 513. The number of aromatic nitrogens is 1. The van der Waals surface area contributed by atoms with E-state index < -0.39 is 11.9 Å². The van der Waals surface area contributed by atoms with Gasteiger partial charge in [-0.05, 0) is 38.7 Å². The minimum atomic E-state index is -0.828. The van der Waals surface area contributed by atoms with Crippen LogP contribution >= 0.6 is 11.6 Å². The van der Waals surface area contributed by atoms with E-state index in [4.69, 9.17) is 16.3 Å². The van der Waals surface area contributed by atoms with Crippen LogP contribution in [0.4, 0.5) is 0 Å². The summed E-state index contributed by atoms with van der Waals surface area (Å²) < 4.78 is 10.4. The van der Waals surface area contributed by atoms with Crippen LogP contribution in [0.3, 0.4) is 0 Å². The zero-order valence-electron chi connectivity index (χ0n) is 12.4. The number of nitrogens with zero attached hydrogens (tertiary/aromatic N) is 1. The Balaban J connectivity index is 1.74. The molecule has 0 saturated heterocycles. The van der Waals surface area contributed by atoms with Gasteiger partial charge in [0.05, 0.1) is 11.6 Å². The van der Waals surface area contributed by atoms with Gasteiger partial charge in [-0.25, -0.2) is 9.78 Å². The second kappa shape index (κ2) is 7.98. The summed E-state index contributed by atoms with van der Waals surface area (Å²) in [5.41, 5.74) is 0. The van der Waals surface area contributed by atoms with Crippen molar-refractivity contribution in [1.82, 2.24) is 10.3 Å². The van der Waals surface area contributed by atoms with Gasteiger partial charge in [0.2, 0.25) is 5.88 Å². The second-order valence-electron chi connectivity index (χ2n) is 5.10. The fourth-order valence-electron chi connectivity index (χ4n) is 2.37. The number of nitrogens with one attached hydrogen (secondary N) is 1. The normalized spacial score (nSPS) is 21.0. The van der Waals surface area contributed by atoms with Gasteiger partial charge in [-0.15, -0.1) is 0 Å². The van der Waals surface area contributed by atoms with Crippen LogP contribution in [0, 0.1) is 0 Å². The lowest BCUT2D eigenvalue weighted by Crippen LogP contribution is -2.43. The van der Waals surface area contributed by atoms with Gasteiger partial charge in [0.15, 0.2) is 0 Å². The topological polar surface area (TPSA) is 77.5 Å². The van der Waals surface area contributed by atoms with E-state index in [-0.39, 0.29) is 18.8 Å². The van der Waals surface area contributed by atoms with Crippen LogP contribution in [0.2, 0.25) is 5.02 Å². The lowest BCUT2D eigenvalue weighted by molar-refractivity contribution is -0.155. The lowest BCUT2D eigenvalue weighted by atomic mass is 9.93. The van der Waals surface area contributed by atoms with E-state index in [1.165, 1.54) is 0 Å². The molecule has 6 nitrogen and oxygen atoms in total. The van der Waals surface area contributed by atoms with Gasteiger partial charge in [-0.1, -0.05) is 11.6 Å². The molecule has 1 aliphatic carbocycles. The molecule has 1 amide bonds. The Kier molecular flexibility index (Phi) is 6.00. The molecule has 7 heteroatoms. The molecule has 22 heavy (non-hydrogen) atoms. The van der Waals surface area contributed by atoms with Gasteiger partial charge in [0.1, 0.15) is 6.10 Å². The van der Waals surface area contributed by atoms with Crippen molar-refractivity contribution in [2.24, 2.45) is 0 Å². The van der Waals surface area contributed by atoms with Crippen LogP contribution in [-0.4, -0.2) is 35.6 Å². The number of carbonyl (C=O) groups is 2. The smallest absolute Gasteiger partial charge is 0.396 e. The van der Waals surface area contributed by atoms with Gasteiger partial charge < -0.3 is 14.8 Å². The number of amides is 1. The third-order valence-electron chi connectivity index (χ3n) is 3.46. The minimum Gasteiger partial charge on any atom is -0.474 e. The summed E-state index contributed by atoms with van der Waals surface area (Å²) in [4.78, 5) is 26.9. The van der Waals surface area contributed by atoms with Crippen LogP contribution < -0.4 is 10.1 Å². The molecule has 1 N–H and O–H groups in total. The first kappa shape index (κ1) is 16.5. The molecule has 2 rings (SSSR count). The summed E-state index contributed by atoms with van der Waals surface area (Å²) in [7, 11) is 0. The molecule has 0 aromatic carbocycles. The molecule has 1 heterocycles. The van der Waals surface area contributed by atoms with Gasteiger partial charge in [0.25, 0.3) is 0 Å². The third-order valence-corrected chi connectivity index (χ3v) is 3.68. The molecule has 0 spiro atoms. The quantitative estimate of drug-likeness (QED) is 0.677. The van der Waals surface area contributed by atoms with Crippen molar-refractivity contribution >= 4 is 23.5 Å². The minimum absolute atomic E-state index is 0.0186. The van der Waals surface area contributed by atoms with E-state index in [0.29, 0.717) is 10.9 Å². The Morgan fingerprint density at radius 2 is 2.05 bits per heavy atom. The summed E-state index contributed by atoms with van der Waals surface area (Å²) in [5, 5.41) is 3.26. The van der Waals surface area contributed by atoms with E-state index in [1.54, 1.807) is 25.3 Å². The van der Waals surface area contributed by atoms with Gasteiger partial charge in [-0.2, -0.15) is 0 Å². The fourth-order valence-corrected chi connectivity index (χ4v) is 2.48. The first-order valence-corrected chi connectivity index (χ1v) is 7.72. The molecule has 120 valence electrons. The molecule has 0 atom stereocenters. The Labute approximate surface area is 134 Å². The van der Waals surface area contributed by atoms with Crippen molar-refractivity contribution < 1.29 is 19.1 Å². The first-order chi connectivity index (χ1) is 10.6. The Morgan fingerprint density at radius 3 is 2.64 bits per heavy atom. The molecule has 1 aliphatic rings. The molecule has 1 aromatic rings. The van der Waals surface area contributed by atoms with Crippen molar-refractivity contribution in [1.29, 1.82) is 0 Å². The molecule has 1 fully saturated rings. The SMILES string of the molecule is CCOC(=O)C(=O)NC1CCC(Oc2ccc(Cl)cn2)CC1. The van der Waals surface area contributed by atoms with Gasteiger partial charge in [-0.3, -0.25) is 4.79 Å². The van der Waals surface area contributed by atoms with Gasteiger partial charge in [0, 0.05) is 18.3 Å². The molecule has 1 aromatic heterocycles. The molecule has 0 radical (unpaired) electrons. The highest BCUT2D eigenvalue weighted by atomic mass is 35.5. The average molecular weight is 327 g/mol. The lowest BCUT2D eigenvalue weighted by Gasteiger charge is -2.28. The van der Waals surface area contributed by atoms with Crippen molar-refractivity contribution in [2.75, 3.05) is 6.61 Å². The van der Waals surface area contributed by atoms with Crippen LogP contribution in [0.5, 0.6) is 5.88 Å². The summed E-state index contributed by atoms with van der Waals surface area (Å²) in [6.07, 6.45) is 4.69. The molecular weight excluding hydrogens is 308 g/mol. The van der Waals surface area contributed by atoms with Crippen molar-refractivity contribution in [3.8, 4) is 5.88 Å². The zero-order valence-corrected chi connectivity index (χ0v) is 13.1. The number of rotatable bonds is 4. The standard InChI is InChI=1S/C15H19ClN2O4/c1-2-21-15(20)14(19)18-11-4-6-12(7-5-11)22-13-8-3-10(16)9-17-13/h3,8-9,11-12H,2,4-7H2,1H3,(H,18,19). The molecule has 0 unspecified atom stereocenters. The monoisotopic (exact) mass is 326 g/mol. The van der Waals surface area contributed by atoms with Crippen LogP contribution in [0.1, 0.15) is 32.6 Å². The maximum atomic E-state index is 11.6. The summed E-state index contributed by atoms with van der Waals surface area (Å²) >= 11 is 5.77. The number of pyridine rings is 1. The summed E-state index contributed by atoms with van der Waals surface area (Å²) in [5.74, 6) is -0.958. The number of carbonyl (C=O) groups excluding carboxylic acids is 2. The maximum absolute atomic E-state index is 11.6. The van der Waals surface area contributed by atoms with Crippen LogP contribution in [-0.2, 0) is 14.3 Å². The number of hydrogen-bond donors (Lipinski definition) is 1. The molecule has 0 bridgehead atoms. The highest BCUT2D eigenvalue weighted by Crippen LogP contribution is 2.23. The number of hydrogen-bond acceptors (Lipinski definition) is 5. The highest BCUT2D eigenvalue weighted by Gasteiger charge is 2.26. The van der Waals surface area contributed by atoms with Crippen molar-refractivity contribution in [3.63, 3.8) is 0 Å². The second-order valence-corrected chi connectivity index (χ2v) is 5.54. The van der Waals surface area contributed by atoms with Crippen molar-refractivity contribution in [3.05, 3.63) is 23.4 Å². The fraction of sp³-hybridized carbons (Fsp3) is 0.533. The third kappa shape index (κ3) is 4.87. The van der Waals surface area contributed by atoms with Gasteiger partial charge >= 0.3 is 11.9 Å². The highest BCUT2D eigenvalue weighted by molar-refractivity contribution is 6.32. The molecule has 0 aliphatic heterocycles. The maximum Gasteiger partial charge on any atom is 0.396 e. The van der Waals surface area contributed by atoms with Crippen LogP contribution in [0.25, 0.3) is 0 Å². The summed E-state index contributed by atoms with van der Waals surface area (Å²) in [6, 6.07) is 3.45. The number of halogens is 1. The predicted molar refractivity (Wildman–Crippen MR) is 80.7 cm³/mol. The van der Waals surface area contributed by atoms with E-state index >= 15 is 0 Å². The first-order valence-electron chi connectivity index (χ1n) is 7.34. The van der Waals surface area contributed by atoms with Crippen LogP contribution in [0.15, 0.2) is 18.3 Å². The zero-order chi connectivity index (χ0) is 15.9. The predicted octanol–water partition coefficient (Wildman–Crippen LogP) is 2.10. The average Bonchev–Trinajstić information content (AvgIpc) is 2.51. The molecule has 1 saturated carbocycles. The van der Waals surface area contributed by atoms with E-state index in [1.807, 2.05) is 0 Å². The molecular formula is C15H19ClN2O4. The number of ether oxygens (including phenoxy) is 2. The largest absolute Gasteiger partial charge is 0.474 e.